The summed E-state index contributed by atoms with van der Waals surface area (Å²) in [6.45, 7) is 7.16. The van der Waals surface area contributed by atoms with E-state index >= 15 is 0 Å². The second-order valence-electron chi connectivity index (χ2n) is 8.88. The van der Waals surface area contributed by atoms with Crippen LogP contribution in [0.15, 0.2) is 6.07 Å². The largest absolute Gasteiger partial charge is 0.354 e. The van der Waals surface area contributed by atoms with Crippen LogP contribution in [0, 0.1) is 30.1 Å². The van der Waals surface area contributed by atoms with Crippen LogP contribution in [0.3, 0.4) is 0 Å². The van der Waals surface area contributed by atoms with Gasteiger partial charge in [-0.2, -0.15) is 0 Å². The Morgan fingerprint density at radius 2 is 2.08 bits per heavy atom. The molecule has 0 aliphatic heterocycles. The highest BCUT2D eigenvalue weighted by Crippen LogP contribution is 2.55. The Hall–Kier alpha value is -1.65. The van der Waals surface area contributed by atoms with Crippen LogP contribution in [0.2, 0.25) is 0 Å². The third-order valence-corrected chi connectivity index (χ3v) is 7.03. The molecule has 2 unspecified atom stereocenters. The minimum atomic E-state index is 0.258. The topological polar surface area (TPSA) is 66.9 Å². The van der Waals surface area contributed by atoms with E-state index in [1.54, 1.807) is 0 Å². The van der Waals surface area contributed by atoms with Crippen LogP contribution in [0.4, 0.5) is 5.95 Å². The van der Waals surface area contributed by atoms with Crippen LogP contribution >= 0.6 is 0 Å². The molecule has 3 fully saturated rings. The van der Waals surface area contributed by atoms with Crippen molar-refractivity contribution in [3.63, 3.8) is 0 Å². The van der Waals surface area contributed by atoms with Gasteiger partial charge in [0.25, 0.3) is 0 Å². The van der Waals surface area contributed by atoms with Crippen molar-refractivity contribution in [3.05, 3.63) is 17.5 Å². The van der Waals surface area contributed by atoms with Gasteiger partial charge in [-0.25, -0.2) is 9.97 Å². The Labute approximate surface area is 156 Å². The van der Waals surface area contributed by atoms with Gasteiger partial charge in [0, 0.05) is 29.9 Å². The van der Waals surface area contributed by atoms with Crippen molar-refractivity contribution in [1.82, 2.24) is 15.3 Å². The van der Waals surface area contributed by atoms with E-state index in [-0.39, 0.29) is 5.92 Å². The standard InChI is InChI=1S/C21H32N4O/c1-4-16-11-14(3)23-20(24-16)22-12-15-6-9-21(7-5-8-21)18(15)25-19(26)17-10-13(17)2/h11,13,15,17-18H,4-10,12H2,1-3H3,(H,25,26)(H,22,23,24)/t13-,15?,17-,18?/m0/s1. The van der Waals surface area contributed by atoms with Crippen molar-refractivity contribution in [2.45, 2.75) is 71.8 Å². The van der Waals surface area contributed by atoms with E-state index < -0.39 is 0 Å². The van der Waals surface area contributed by atoms with Crippen molar-refractivity contribution in [3.8, 4) is 0 Å². The zero-order valence-electron chi connectivity index (χ0n) is 16.3. The first kappa shape index (κ1) is 17.7. The molecule has 0 bridgehead atoms. The second kappa shape index (κ2) is 6.82. The number of hydrogen-bond donors (Lipinski definition) is 2. The van der Waals surface area contributed by atoms with Crippen molar-refractivity contribution in [2.24, 2.45) is 23.2 Å². The smallest absolute Gasteiger partial charge is 0.223 e. The fourth-order valence-electron chi connectivity index (χ4n) is 5.04. The summed E-state index contributed by atoms with van der Waals surface area (Å²) in [5, 5.41) is 6.94. The first-order valence-corrected chi connectivity index (χ1v) is 10.4. The summed E-state index contributed by atoms with van der Waals surface area (Å²) < 4.78 is 0. The molecule has 5 nitrogen and oxygen atoms in total. The van der Waals surface area contributed by atoms with E-state index in [2.05, 4.69) is 34.4 Å². The van der Waals surface area contributed by atoms with Crippen molar-refractivity contribution in [2.75, 3.05) is 11.9 Å². The Balaban J connectivity index is 1.43. The lowest BCUT2D eigenvalue weighted by atomic mass is 9.64. The molecular weight excluding hydrogens is 324 g/mol. The van der Waals surface area contributed by atoms with Gasteiger partial charge in [-0.05, 0) is 68.8 Å². The monoisotopic (exact) mass is 356 g/mol. The van der Waals surface area contributed by atoms with Crippen LogP contribution in [0.25, 0.3) is 0 Å². The molecule has 0 radical (unpaired) electrons. The molecule has 0 saturated heterocycles. The maximum absolute atomic E-state index is 12.6. The second-order valence-corrected chi connectivity index (χ2v) is 8.88. The highest BCUT2D eigenvalue weighted by molar-refractivity contribution is 5.81. The predicted octanol–water partition coefficient (Wildman–Crippen LogP) is 3.48. The van der Waals surface area contributed by atoms with Gasteiger partial charge in [0.15, 0.2) is 0 Å². The summed E-state index contributed by atoms with van der Waals surface area (Å²) in [5.41, 5.74) is 2.45. The number of carbonyl (C=O) groups excluding carboxylic acids is 1. The molecule has 26 heavy (non-hydrogen) atoms. The first-order valence-electron chi connectivity index (χ1n) is 10.4. The summed E-state index contributed by atoms with van der Waals surface area (Å²) >= 11 is 0. The molecule has 1 amide bonds. The fraction of sp³-hybridized carbons (Fsp3) is 0.762. The number of rotatable bonds is 6. The molecule has 2 N–H and O–H groups in total. The number of nitrogens with zero attached hydrogens (tertiary/aromatic N) is 2. The van der Waals surface area contributed by atoms with Crippen LogP contribution in [0.1, 0.15) is 63.8 Å². The number of aromatic nitrogens is 2. The number of hydrogen-bond acceptors (Lipinski definition) is 4. The molecule has 142 valence electrons. The molecule has 1 aromatic heterocycles. The summed E-state index contributed by atoms with van der Waals surface area (Å²) in [7, 11) is 0. The molecule has 4 rings (SSSR count). The molecular formula is C21H32N4O. The Morgan fingerprint density at radius 3 is 2.69 bits per heavy atom. The van der Waals surface area contributed by atoms with E-state index in [1.807, 2.05) is 13.0 Å². The SMILES string of the molecule is CCc1cc(C)nc(NCC2CCC3(CCC3)C2NC(=O)[C@H]2C[C@@H]2C)n1. The normalized spacial score (nSPS) is 31.5. The van der Waals surface area contributed by atoms with Crippen LogP contribution in [0.5, 0.6) is 0 Å². The number of carbonyl (C=O) groups is 1. The fourth-order valence-corrected chi connectivity index (χ4v) is 5.04. The Kier molecular flexibility index (Phi) is 4.66. The van der Waals surface area contributed by atoms with E-state index in [1.165, 1.54) is 32.1 Å². The Morgan fingerprint density at radius 1 is 1.31 bits per heavy atom. The highest BCUT2D eigenvalue weighted by Gasteiger charge is 2.53. The zero-order chi connectivity index (χ0) is 18.3. The molecule has 5 heteroatoms. The number of nitrogens with one attached hydrogen (secondary N) is 2. The van der Waals surface area contributed by atoms with Gasteiger partial charge in [0.2, 0.25) is 11.9 Å². The lowest BCUT2D eigenvalue weighted by molar-refractivity contribution is -0.125. The van der Waals surface area contributed by atoms with Gasteiger partial charge >= 0.3 is 0 Å². The maximum atomic E-state index is 12.6. The lowest BCUT2D eigenvalue weighted by Crippen LogP contribution is -2.52. The summed E-state index contributed by atoms with van der Waals surface area (Å²) in [5.74, 6) is 2.33. The number of amides is 1. The van der Waals surface area contributed by atoms with Gasteiger partial charge < -0.3 is 10.6 Å². The zero-order valence-corrected chi connectivity index (χ0v) is 16.3. The predicted molar refractivity (Wildman–Crippen MR) is 103 cm³/mol. The van der Waals surface area contributed by atoms with Gasteiger partial charge in [0.05, 0.1) is 0 Å². The molecule has 1 aromatic rings. The van der Waals surface area contributed by atoms with Crippen molar-refractivity contribution >= 4 is 11.9 Å². The van der Waals surface area contributed by atoms with Crippen LogP contribution < -0.4 is 10.6 Å². The molecule has 3 aliphatic carbocycles. The lowest BCUT2D eigenvalue weighted by Gasteiger charge is -2.45. The minimum absolute atomic E-state index is 0.258. The summed E-state index contributed by atoms with van der Waals surface area (Å²) in [6.07, 6.45) is 8.27. The maximum Gasteiger partial charge on any atom is 0.223 e. The molecule has 0 aromatic carbocycles. The van der Waals surface area contributed by atoms with Crippen LogP contribution in [-0.2, 0) is 11.2 Å². The molecule has 3 saturated carbocycles. The molecule has 1 spiro atoms. The third kappa shape index (κ3) is 3.33. The summed E-state index contributed by atoms with van der Waals surface area (Å²) in [4.78, 5) is 21.7. The molecule has 3 aliphatic rings. The average molecular weight is 357 g/mol. The number of anilines is 1. The molecule has 1 heterocycles. The minimum Gasteiger partial charge on any atom is -0.354 e. The average Bonchev–Trinajstić information content (AvgIpc) is 3.20. The van der Waals surface area contributed by atoms with E-state index in [0.717, 1.165) is 36.7 Å². The van der Waals surface area contributed by atoms with Crippen molar-refractivity contribution in [1.29, 1.82) is 0 Å². The van der Waals surface area contributed by atoms with Crippen molar-refractivity contribution < 1.29 is 4.79 Å². The van der Waals surface area contributed by atoms with Gasteiger partial charge in [-0.1, -0.05) is 20.3 Å². The third-order valence-electron chi connectivity index (χ3n) is 7.03. The van der Waals surface area contributed by atoms with Crippen LogP contribution in [-0.4, -0.2) is 28.5 Å². The van der Waals surface area contributed by atoms with E-state index in [4.69, 9.17) is 0 Å². The molecule has 4 atom stereocenters. The van der Waals surface area contributed by atoms with Gasteiger partial charge in [-0.15, -0.1) is 0 Å². The highest BCUT2D eigenvalue weighted by atomic mass is 16.2. The Bertz CT molecular complexity index is 685. The first-order chi connectivity index (χ1) is 12.5. The summed E-state index contributed by atoms with van der Waals surface area (Å²) in [6, 6.07) is 2.36. The van der Waals surface area contributed by atoms with E-state index in [9.17, 15) is 4.79 Å². The number of aryl methyl sites for hydroxylation is 2. The van der Waals surface area contributed by atoms with Gasteiger partial charge in [0.1, 0.15) is 0 Å². The van der Waals surface area contributed by atoms with Gasteiger partial charge in [-0.3, -0.25) is 4.79 Å². The van der Waals surface area contributed by atoms with E-state index in [0.29, 0.717) is 29.2 Å². The quantitative estimate of drug-likeness (QED) is 0.819.